The Bertz CT molecular complexity index is 607. The maximum absolute atomic E-state index is 11.3. The average Bonchev–Trinajstić information content (AvgIpc) is 2.27. The minimum atomic E-state index is -0.134. The zero-order valence-electron chi connectivity index (χ0n) is 9.74. The van der Waals surface area contributed by atoms with Crippen LogP contribution in [0.4, 0.5) is 5.69 Å². The number of hydrogen-bond donors (Lipinski definition) is 2. The molecule has 0 saturated heterocycles. The molecular formula is C12H12BrN3OS. The van der Waals surface area contributed by atoms with E-state index in [2.05, 4.69) is 25.9 Å². The molecule has 2 rings (SSSR count). The largest absolute Gasteiger partial charge is 0.398 e. The Morgan fingerprint density at radius 2 is 2.28 bits per heavy atom. The third-order valence-electron chi connectivity index (χ3n) is 2.36. The van der Waals surface area contributed by atoms with E-state index in [0.29, 0.717) is 16.6 Å². The number of thioether (sulfide) groups is 1. The number of nitrogen functional groups attached to an aromatic ring is 1. The second kappa shape index (κ2) is 5.58. The van der Waals surface area contributed by atoms with Crippen LogP contribution in [-0.4, -0.2) is 9.97 Å². The Morgan fingerprint density at radius 1 is 1.50 bits per heavy atom. The predicted molar refractivity (Wildman–Crippen MR) is 77.7 cm³/mol. The second-order valence-corrected chi connectivity index (χ2v) is 5.61. The van der Waals surface area contributed by atoms with Crippen molar-refractivity contribution in [2.75, 3.05) is 5.73 Å². The van der Waals surface area contributed by atoms with Crippen LogP contribution in [0.2, 0.25) is 0 Å². The van der Waals surface area contributed by atoms with E-state index in [0.717, 1.165) is 15.7 Å². The highest BCUT2D eigenvalue weighted by molar-refractivity contribution is 9.10. The summed E-state index contributed by atoms with van der Waals surface area (Å²) >= 11 is 4.92. The van der Waals surface area contributed by atoms with Crippen molar-refractivity contribution in [3.63, 3.8) is 0 Å². The molecule has 0 amide bonds. The molecule has 1 aromatic heterocycles. The number of hydrogen-bond acceptors (Lipinski definition) is 4. The number of aromatic nitrogens is 2. The van der Waals surface area contributed by atoms with Gasteiger partial charge in [0.1, 0.15) is 0 Å². The Labute approximate surface area is 117 Å². The molecule has 0 atom stereocenters. The standard InChI is InChI=1S/C12H12BrN3OS/c1-7-5-11(17)16-12(15-7)18-6-8-9(13)3-2-4-10(8)14/h2-5H,6,14H2,1H3,(H,15,16,17). The zero-order valence-corrected chi connectivity index (χ0v) is 12.1. The number of anilines is 1. The lowest BCUT2D eigenvalue weighted by Gasteiger charge is -2.07. The molecule has 0 aliphatic carbocycles. The van der Waals surface area contributed by atoms with E-state index in [1.807, 2.05) is 18.2 Å². The van der Waals surface area contributed by atoms with Gasteiger partial charge < -0.3 is 10.7 Å². The van der Waals surface area contributed by atoms with Crippen LogP contribution >= 0.6 is 27.7 Å². The van der Waals surface area contributed by atoms with Crippen LogP contribution in [0.1, 0.15) is 11.3 Å². The van der Waals surface area contributed by atoms with Gasteiger partial charge in [-0.3, -0.25) is 4.79 Å². The molecule has 0 radical (unpaired) electrons. The summed E-state index contributed by atoms with van der Waals surface area (Å²) in [5, 5.41) is 0.607. The summed E-state index contributed by atoms with van der Waals surface area (Å²) in [7, 11) is 0. The van der Waals surface area contributed by atoms with Crippen LogP contribution in [0.25, 0.3) is 0 Å². The molecule has 0 fully saturated rings. The minimum absolute atomic E-state index is 0.134. The summed E-state index contributed by atoms with van der Waals surface area (Å²) in [5.41, 5.74) is 8.22. The summed E-state index contributed by atoms with van der Waals surface area (Å²) in [6.45, 7) is 1.80. The van der Waals surface area contributed by atoms with Crippen molar-refractivity contribution in [3.8, 4) is 0 Å². The number of rotatable bonds is 3. The van der Waals surface area contributed by atoms with E-state index >= 15 is 0 Å². The Morgan fingerprint density at radius 3 is 2.94 bits per heavy atom. The van der Waals surface area contributed by atoms with Gasteiger partial charge in [-0.1, -0.05) is 33.8 Å². The highest BCUT2D eigenvalue weighted by Crippen LogP contribution is 2.28. The lowest BCUT2D eigenvalue weighted by Crippen LogP contribution is -2.08. The van der Waals surface area contributed by atoms with Crippen molar-refractivity contribution in [2.24, 2.45) is 0 Å². The van der Waals surface area contributed by atoms with Crippen molar-refractivity contribution >= 4 is 33.4 Å². The maximum atomic E-state index is 11.3. The minimum Gasteiger partial charge on any atom is -0.398 e. The number of benzene rings is 1. The average molecular weight is 326 g/mol. The molecule has 1 aromatic carbocycles. The lowest BCUT2D eigenvalue weighted by molar-refractivity contribution is 0.905. The van der Waals surface area contributed by atoms with Gasteiger partial charge in [0.15, 0.2) is 5.16 Å². The van der Waals surface area contributed by atoms with Crippen molar-refractivity contribution in [2.45, 2.75) is 17.8 Å². The smallest absolute Gasteiger partial charge is 0.251 e. The molecule has 0 aliphatic rings. The Hall–Kier alpha value is -1.27. The first-order valence-corrected chi connectivity index (χ1v) is 7.08. The first-order chi connectivity index (χ1) is 8.56. The predicted octanol–water partition coefficient (Wildman–Crippen LogP) is 2.72. The van der Waals surface area contributed by atoms with E-state index in [1.54, 1.807) is 6.92 Å². The Kier molecular flexibility index (Phi) is 4.08. The highest BCUT2D eigenvalue weighted by atomic mass is 79.9. The molecule has 94 valence electrons. The van der Waals surface area contributed by atoms with E-state index in [4.69, 9.17) is 5.73 Å². The van der Waals surface area contributed by atoms with Gasteiger partial charge in [0, 0.05) is 27.7 Å². The summed E-state index contributed by atoms with van der Waals surface area (Å²) < 4.78 is 0.963. The van der Waals surface area contributed by atoms with E-state index in [1.165, 1.54) is 17.8 Å². The van der Waals surface area contributed by atoms with E-state index in [-0.39, 0.29) is 5.56 Å². The molecule has 4 nitrogen and oxygen atoms in total. The molecule has 0 bridgehead atoms. The molecule has 0 aliphatic heterocycles. The lowest BCUT2D eigenvalue weighted by atomic mass is 10.2. The Balaban J connectivity index is 2.19. The topological polar surface area (TPSA) is 71.8 Å². The molecule has 6 heteroatoms. The van der Waals surface area contributed by atoms with Crippen LogP contribution in [0.5, 0.6) is 0 Å². The van der Waals surface area contributed by atoms with Crippen LogP contribution in [0.3, 0.4) is 0 Å². The van der Waals surface area contributed by atoms with Gasteiger partial charge in [0.2, 0.25) is 0 Å². The second-order valence-electron chi connectivity index (χ2n) is 3.79. The van der Waals surface area contributed by atoms with Crippen molar-refractivity contribution in [3.05, 3.63) is 50.3 Å². The van der Waals surface area contributed by atoms with Crippen LogP contribution in [0, 0.1) is 6.92 Å². The fourth-order valence-electron chi connectivity index (χ4n) is 1.49. The molecule has 2 aromatic rings. The summed E-state index contributed by atoms with van der Waals surface area (Å²) in [5.74, 6) is 0.652. The highest BCUT2D eigenvalue weighted by Gasteiger charge is 2.06. The normalized spacial score (nSPS) is 10.6. The number of halogens is 1. The summed E-state index contributed by atoms with van der Waals surface area (Å²) in [4.78, 5) is 18.3. The van der Waals surface area contributed by atoms with E-state index in [9.17, 15) is 4.79 Å². The van der Waals surface area contributed by atoms with Gasteiger partial charge in [0.05, 0.1) is 0 Å². The van der Waals surface area contributed by atoms with Gasteiger partial charge in [-0.05, 0) is 24.6 Å². The summed E-state index contributed by atoms with van der Waals surface area (Å²) in [6, 6.07) is 7.16. The number of nitrogens with zero attached hydrogens (tertiary/aromatic N) is 1. The molecule has 3 N–H and O–H groups in total. The van der Waals surface area contributed by atoms with Gasteiger partial charge in [-0.25, -0.2) is 4.98 Å². The van der Waals surface area contributed by atoms with Gasteiger partial charge in [-0.2, -0.15) is 0 Å². The first-order valence-electron chi connectivity index (χ1n) is 5.30. The third-order valence-corrected chi connectivity index (χ3v) is 4.00. The van der Waals surface area contributed by atoms with Crippen LogP contribution < -0.4 is 11.3 Å². The number of aromatic amines is 1. The molecule has 0 spiro atoms. The van der Waals surface area contributed by atoms with Crippen LogP contribution in [0.15, 0.2) is 38.7 Å². The summed E-state index contributed by atoms with van der Waals surface area (Å²) in [6.07, 6.45) is 0. The number of nitrogens with two attached hydrogens (primary N) is 1. The van der Waals surface area contributed by atoms with Gasteiger partial charge >= 0.3 is 0 Å². The quantitative estimate of drug-likeness (QED) is 0.517. The van der Waals surface area contributed by atoms with Gasteiger partial charge in [0.25, 0.3) is 5.56 Å². The van der Waals surface area contributed by atoms with Crippen molar-refractivity contribution < 1.29 is 0 Å². The fourth-order valence-corrected chi connectivity index (χ4v) is 3.18. The molecule has 0 saturated carbocycles. The van der Waals surface area contributed by atoms with Crippen LogP contribution in [-0.2, 0) is 5.75 Å². The van der Waals surface area contributed by atoms with Crippen molar-refractivity contribution in [1.29, 1.82) is 0 Å². The van der Waals surface area contributed by atoms with Gasteiger partial charge in [-0.15, -0.1) is 0 Å². The van der Waals surface area contributed by atoms with Crippen molar-refractivity contribution in [1.82, 2.24) is 9.97 Å². The first kappa shape index (κ1) is 13.2. The fraction of sp³-hybridized carbons (Fsp3) is 0.167. The molecule has 0 unspecified atom stereocenters. The SMILES string of the molecule is Cc1cc(=O)[nH]c(SCc2c(N)cccc2Br)n1. The molecular weight excluding hydrogens is 314 g/mol. The molecule has 18 heavy (non-hydrogen) atoms. The number of nitrogens with one attached hydrogen (secondary N) is 1. The number of H-pyrrole nitrogens is 1. The molecule has 1 heterocycles. The monoisotopic (exact) mass is 325 g/mol. The number of aryl methyl sites for hydroxylation is 1. The zero-order chi connectivity index (χ0) is 13.1. The maximum Gasteiger partial charge on any atom is 0.251 e. The third kappa shape index (κ3) is 3.14. The van der Waals surface area contributed by atoms with E-state index < -0.39 is 0 Å².